The first kappa shape index (κ1) is 34.3. The van der Waals surface area contributed by atoms with Gasteiger partial charge in [-0.1, -0.05) is 84.5 Å². The molecule has 0 aromatic heterocycles. The SMILES string of the molecule is CCCCCCCCCCCCOCCOCCOCCOCCOCCOC(=O)CCCCC. The van der Waals surface area contributed by atoms with Gasteiger partial charge in [-0.2, -0.15) is 0 Å². The number of ether oxygens (including phenoxy) is 6. The lowest BCUT2D eigenvalue weighted by Crippen LogP contribution is -2.15. The van der Waals surface area contributed by atoms with Crippen molar-refractivity contribution in [3.63, 3.8) is 0 Å². The zero-order valence-corrected chi connectivity index (χ0v) is 23.0. The summed E-state index contributed by atoms with van der Waals surface area (Å²) in [5, 5.41) is 0. The Morgan fingerprint density at radius 3 is 1.20 bits per heavy atom. The lowest BCUT2D eigenvalue weighted by atomic mass is 10.1. The maximum absolute atomic E-state index is 11.4. The summed E-state index contributed by atoms with van der Waals surface area (Å²) in [6, 6.07) is 0. The molecule has 35 heavy (non-hydrogen) atoms. The van der Waals surface area contributed by atoms with E-state index in [1.165, 1.54) is 57.8 Å². The largest absolute Gasteiger partial charge is 0.463 e. The smallest absolute Gasteiger partial charge is 0.305 e. The van der Waals surface area contributed by atoms with Crippen molar-refractivity contribution >= 4 is 5.97 Å². The first-order valence-corrected chi connectivity index (χ1v) is 14.4. The van der Waals surface area contributed by atoms with Gasteiger partial charge in [0.25, 0.3) is 0 Å². The summed E-state index contributed by atoms with van der Waals surface area (Å²) in [6.07, 6.45) is 17.0. The van der Waals surface area contributed by atoms with E-state index in [9.17, 15) is 4.79 Å². The van der Waals surface area contributed by atoms with Crippen LogP contribution in [0.2, 0.25) is 0 Å². The Balaban J connectivity index is 3.06. The lowest BCUT2D eigenvalue weighted by molar-refractivity contribution is -0.145. The molecule has 0 radical (unpaired) electrons. The fraction of sp³-hybridized carbons (Fsp3) is 0.964. The molecule has 0 aromatic carbocycles. The molecule has 0 amide bonds. The molecule has 0 heterocycles. The van der Waals surface area contributed by atoms with E-state index in [0.717, 1.165) is 32.3 Å². The summed E-state index contributed by atoms with van der Waals surface area (Å²) in [6.45, 7) is 10.4. The summed E-state index contributed by atoms with van der Waals surface area (Å²) in [5.74, 6) is -0.142. The fourth-order valence-corrected chi connectivity index (χ4v) is 3.48. The summed E-state index contributed by atoms with van der Waals surface area (Å²) < 4.78 is 32.5. The summed E-state index contributed by atoms with van der Waals surface area (Å²) in [4.78, 5) is 11.4. The molecule has 7 nitrogen and oxygen atoms in total. The summed E-state index contributed by atoms with van der Waals surface area (Å²) in [7, 11) is 0. The molecule has 7 heteroatoms. The van der Waals surface area contributed by atoms with Gasteiger partial charge >= 0.3 is 5.97 Å². The minimum absolute atomic E-state index is 0.142. The molecule has 0 aromatic rings. The molecule has 0 unspecified atom stereocenters. The van der Waals surface area contributed by atoms with Crippen molar-refractivity contribution in [2.24, 2.45) is 0 Å². The highest BCUT2D eigenvalue weighted by molar-refractivity contribution is 5.69. The number of esters is 1. The van der Waals surface area contributed by atoms with Gasteiger partial charge < -0.3 is 28.4 Å². The summed E-state index contributed by atoms with van der Waals surface area (Å²) >= 11 is 0. The maximum atomic E-state index is 11.4. The van der Waals surface area contributed by atoms with E-state index in [1.54, 1.807) is 0 Å². The second kappa shape index (κ2) is 31.3. The van der Waals surface area contributed by atoms with Gasteiger partial charge in [-0.05, 0) is 12.8 Å². The van der Waals surface area contributed by atoms with Crippen molar-refractivity contribution in [2.45, 2.75) is 104 Å². The molecular weight excluding hydrogens is 448 g/mol. The van der Waals surface area contributed by atoms with Crippen LogP contribution in [0.1, 0.15) is 104 Å². The number of carbonyl (C=O) groups is 1. The van der Waals surface area contributed by atoms with E-state index < -0.39 is 0 Å². The van der Waals surface area contributed by atoms with Crippen LogP contribution in [0.15, 0.2) is 0 Å². The maximum Gasteiger partial charge on any atom is 0.305 e. The molecule has 0 atom stereocenters. The number of hydrogen-bond acceptors (Lipinski definition) is 7. The predicted molar refractivity (Wildman–Crippen MR) is 141 cm³/mol. The van der Waals surface area contributed by atoms with Gasteiger partial charge in [0.1, 0.15) is 6.61 Å². The Labute approximate surface area is 215 Å². The summed E-state index contributed by atoms with van der Waals surface area (Å²) in [5.41, 5.74) is 0. The predicted octanol–water partition coefficient (Wildman–Crippen LogP) is 6.11. The Morgan fingerprint density at radius 1 is 0.400 bits per heavy atom. The first-order chi connectivity index (χ1) is 17.3. The highest BCUT2D eigenvalue weighted by atomic mass is 16.6. The van der Waals surface area contributed by atoms with E-state index in [-0.39, 0.29) is 5.97 Å². The Kier molecular flexibility index (Phi) is 30.6. The van der Waals surface area contributed by atoms with Crippen LogP contribution in [0.4, 0.5) is 0 Å². The van der Waals surface area contributed by atoms with Gasteiger partial charge in [0.15, 0.2) is 0 Å². The van der Waals surface area contributed by atoms with Gasteiger partial charge in [-0.15, -0.1) is 0 Å². The van der Waals surface area contributed by atoms with Crippen LogP contribution in [-0.2, 0) is 33.2 Å². The van der Waals surface area contributed by atoms with E-state index >= 15 is 0 Å². The highest BCUT2D eigenvalue weighted by Crippen LogP contribution is 2.10. The van der Waals surface area contributed by atoms with Gasteiger partial charge in [0, 0.05) is 13.0 Å². The Bertz CT molecular complexity index is 407. The Morgan fingerprint density at radius 2 is 0.743 bits per heavy atom. The molecule has 0 aliphatic rings. The first-order valence-electron chi connectivity index (χ1n) is 14.4. The molecule has 0 saturated carbocycles. The third kappa shape index (κ3) is 31.2. The minimum atomic E-state index is -0.142. The monoisotopic (exact) mass is 504 g/mol. The average Bonchev–Trinajstić information content (AvgIpc) is 2.86. The molecule has 0 rings (SSSR count). The van der Waals surface area contributed by atoms with Crippen molar-refractivity contribution < 1.29 is 33.2 Å². The van der Waals surface area contributed by atoms with Crippen LogP contribution in [0, 0.1) is 0 Å². The number of hydrogen-bond donors (Lipinski definition) is 0. The van der Waals surface area contributed by atoms with Crippen LogP contribution in [0.5, 0.6) is 0 Å². The van der Waals surface area contributed by atoms with Crippen molar-refractivity contribution in [2.75, 3.05) is 72.7 Å². The van der Waals surface area contributed by atoms with Crippen LogP contribution in [0.3, 0.4) is 0 Å². The highest BCUT2D eigenvalue weighted by Gasteiger charge is 2.01. The molecule has 210 valence electrons. The van der Waals surface area contributed by atoms with E-state index in [4.69, 9.17) is 28.4 Å². The third-order valence-corrected chi connectivity index (χ3v) is 5.61. The third-order valence-electron chi connectivity index (χ3n) is 5.61. The van der Waals surface area contributed by atoms with Gasteiger partial charge in [0.2, 0.25) is 0 Å². The normalized spacial score (nSPS) is 11.3. The van der Waals surface area contributed by atoms with E-state index in [1.807, 2.05) is 0 Å². The number of rotatable bonds is 30. The van der Waals surface area contributed by atoms with Crippen molar-refractivity contribution in [3.05, 3.63) is 0 Å². The van der Waals surface area contributed by atoms with Crippen molar-refractivity contribution in [1.29, 1.82) is 0 Å². The lowest BCUT2D eigenvalue weighted by Gasteiger charge is -2.08. The molecule has 0 fully saturated rings. The van der Waals surface area contributed by atoms with E-state index in [2.05, 4.69) is 13.8 Å². The van der Waals surface area contributed by atoms with Crippen molar-refractivity contribution in [3.8, 4) is 0 Å². The van der Waals surface area contributed by atoms with E-state index in [0.29, 0.717) is 72.5 Å². The average molecular weight is 505 g/mol. The zero-order chi connectivity index (χ0) is 25.5. The number of carbonyl (C=O) groups excluding carboxylic acids is 1. The number of unbranched alkanes of at least 4 members (excludes halogenated alkanes) is 11. The fourth-order valence-electron chi connectivity index (χ4n) is 3.48. The molecule has 0 saturated heterocycles. The molecule has 0 aliphatic carbocycles. The van der Waals surface area contributed by atoms with Gasteiger partial charge in [-0.3, -0.25) is 4.79 Å². The standard InChI is InChI=1S/C28H56O7/c1-3-5-7-8-9-10-11-12-13-15-17-30-18-19-31-20-21-32-22-23-33-24-25-34-26-27-35-28(29)16-14-6-4-2/h3-27H2,1-2H3. The molecule has 0 spiro atoms. The van der Waals surface area contributed by atoms with Crippen molar-refractivity contribution in [1.82, 2.24) is 0 Å². The molecule has 0 N–H and O–H groups in total. The van der Waals surface area contributed by atoms with Gasteiger partial charge in [0.05, 0.1) is 59.5 Å². The van der Waals surface area contributed by atoms with Gasteiger partial charge in [-0.25, -0.2) is 0 Å². The van der Waals surface area contributed by atoms with Crippen LogP contribution in [-0.4, -0.2) is 78.6 Å². The molecule has 0 aliphatic heterocycles. The van der Waals surface area contributed by atoms with Crippen LogP contribution < -0.4 is 0 Å². The second-order valence-corrected chi connectivity index (χ2v) is 8.92. The zero-order valence-electron chi connectivity index (χ0n) is 23.0. The quantitative estimate of drug-likeness (QED) is 0.0862. The molecule has 0 bridgehead atoms. The topological polar surface area (TPSA) is 72.5 Å². The molecular formula is C28H56O7. The van der Waals surface area contributed by atoms with Crippen LogP contribution in [0.25, 0.3) is 0 Å². The van der Waals surface area contributed by atoms with Crippen LogP contribution >= 0.6 is 0 Å². The minimum Gasteiger partial charge on any atom is -0.463 e. The Hall–Kier alpha value is -0.730. The second-order valence-electron chi connectivity index (χ2n) is 8.92.